The first kappa shape index (κ1) is 18.8. The maximum Gasteiger partial charge on any atom is 0.281 e. The number of furan rings is 1. The largest absolute Gasteiger partial charge is 0.468 e. The number of likely N-dealkylation sites (tertiary alicyclic amines) is 1. The molecule has 0 N–H and O–H groups in total. The van der Waals surface area contributed by atoms with E-state index in [1.165, 1.54) is 4.31 Å². The van der Waals surface area contributed by atoms with E-state index >= 15 is 0 Å². The van der Waals surface area contributed by atoms with Crippen molar-refractivity contribution in [3.63, 3.8) is 0 Å². The minimum absolute atomic E-state index is 0.126. The molecule has 2 saturated heterocycles. The summed E-state index contributed by atoms with van der Waals surface area (Å²) in [6, 6.07) is 3.92. The Bertz CT molecular complexity index is 651. The van der Waals surface area contributed by atoms with Gasteiger partial charge in [-0.15, -0.1) is 0 Å². The Morgan fingerprint density at radius 3 is 2.64 bits per heavy atom. The van der Waals surface area contributed by atoms with Crippen molar-refractivity contribution in [2.75, 3.05) is 54.0 Å². The Kier molecular flexibility index (Phi) is 5.55. The second-order valence-corrected chi connectivity index (χ2v) is 9.60. The molecule has 142 valence electrons. The van der Waals surface area contributed by atoms with Gasteiger partial charge in [-0.2, -0.15) is 17.0 Å². The van der Waals surface area contributed by atoms with Crippen LogP contribution in [0.1, 0.15) is 18.6 Å². The van der Waals surface area contributed by atoms with Crippen LogP contribution in [0, 0.1) is 11.3 Å². The van der Waals surface area contributed by atoms with Gasteiger partial charge in [0.2, 0.25) is 0 Å². The van der Waals surface area contributed by atoms with Gasteiger partial charge in [-0.1, -0.05) is 0 Å². The Morgan fingerprint density at radius 1 is 1.36 bits per heavy atom. The molecule has 0 aromatic carbocycles. The average Bonchev–Trinajstić information content (AvgIpc) is 3.18. The Hall–Kier alpha value is -0.930. The lowest BCUT2D eigenvalue weighted by Crippen LogP contribution is -2.50. The van der Waals surface area contributed by atoms with E-state index in [-0.39, 0.29) is 5.41 Å². The molecule has 3 heterocycles. The summed E-state index contributed by atoms with van der Waals surface area (Å²) in [5, 5.41) is 0. The summed E-state index contributed by atoms with van der Waals surface area (Å²) in [6.07, 6.45) is 3.46. The van der Waals surface area contributed by atoms with Gasteiger partial charge < -0.3 is 9.15 Å². The Balaban J connectivity index is 1.69. The third-order valence-corrected chi connectivity index (χ3v) is 7.66. The first-order valence-electron chi connectivity index (χ1n) is 8.79. The molecule has 1 aromatic heterocycles. The van der Waals surface area contributed by atoms with Crippen LogP contribution in [0.3, 0.4) is 0 Å². The summed E-state index contributed by atoms with van der Waals surface area (Å²) in [7, 11) is 1.60. The number of methoxy groups -OCH3 is 1. The molecule has 0 radical (unpaired) electrons. The van der Waals surface area contributed by atoms with Gasteiger partial charge in [0.1, 0.15) is 5.76 Å². The van der Waals surface area contributed by atoms with Crippen molar-refractivity contribution in [1.29, 1.82) is 0 Å². The van der Waals surface area contributed by atoms with Crippen molar-refractivity contribution < 1.29 is 17.6 Å². The average molecular weight is 372 g/mol. The molecule has 0 bridgehead atoms. The van der Waals surface area contributed by atoms with Crippen LogP contribution in [-0.2, 0) is 21.5 Å². The number of rotatable bonds is 6. The highest BCUT2D eigenvalue weighted by Gasteiger charge is 2.49. The van der Waals surface area contributed by atoms with Gasteiger partial charge in [0, 0.05) is 53.3 Å². The second-order valence-electron chi connectivity index (χ2n) is 7.45. The lowest BCUT2D eigenvalue weighted by Gasteiger charge is -2.42. The predicted molar refractivity (Wildman–Crippen MR) is 95.2 cm³/mol. The highest BCUT2D eigenvalue weighted by atomic mass is 32.2. The molecule has 1 aromatic rings. The van der Waals surface area contributed by atoms with Crippen LogP contribution in [-0.4, -0.2) is 75.9 Å². The third kappa shape index (κ3) is 3.78. The fourth-order valence-corrected chi connectivity index (χ4v) is 5.38. The highest BCUT2D eigenvalue weighted by Crippen LogP contribution is 2.45. The third-order valence-electron chi connectivity index (χ3n) is 5.72. The number of nitrogens with zero attached hydrogens (tertiary/aromatic N) is 3. The molecule has 0 saturated carbocycles. The predicted octanol–water partition coefficient (Wildman–Crippen LogP) is 1.25. The first-order valence-corrected chi connectivity index (χ1v) is 10.2. The number of piperidine rings is 1. The van der Waals surface area contributed by atoms with E-state index in [0.29, 0.717) is 19.0 Å². The molecule has 1 spiro atoms. The Labute approximate surface area is 150 Å². The van der Waals surface area contributed by atoms with Crippen molar-refractivity contribution in [1.82, 2.24) is 13.5 Å². The van der Waals surface area contributed by atoms with Crippen molar-refractivity contribution in [3.8, 4) is 0 Å². The molecule has 2 aliphatic heterocycles. The normalized spacial score (nSPS) is 25.2. The van der Waals surface area contributed by atoms with Crippen LogP contribution < -0.4 is 0 Å². The van der Waals surface area contributed by atoms with E-state index in [1.54, 1.807) is 31.8 Å². The minimum atomic E-state index is -3.32. The molecule has 8 heteroatoms. The van der Waals surface area contributed by atoms with E-state index in [0.717, 1.165) is 44.8 Å². The molecule has 0 aliphatic carbocycles. The summed E-state index contributed by atoms with van der Waals surface area (Å²) in [4.78, 5) is 2.42. The van der Waals surface area contributed by atoms with Gasteiger partial charge in [0.05, 0.1) is 19.4 Å². The maximum absolute atomic E-state index is 12.4. The van der Waals surface area contributed by atoms with Crippen molar-refractivity contribution in [2.45, 2.75) is 19.4 Å². The molecule has 1 atom stereocenters. The maximum atomic E-state index is 12.4. The van der Waals surface area contributed by atoms with Crippen LogP contribution in [0.15, 0.2) is 22.8 Å². The summed E-state index contributed by atoms with van der Waals surface area (Å²) in [5.41, 5.74) is 0.126. The molecular weight excluding hydrogens is 342 g/mol. The van der Waals surface area contributed by atoms with Crippen molar-refractivity contribution >= 4 is 10.2 Å². The highest BCUT2D eigenvalue weighted by molar-refractivity contribution is 7.86. The van der Waals surface area contributed by atoms with E-state index in [2.05, 4.69) is 4.90 Å². The van der Waals surface area contributed by atoms with Gasteiger partial charge in [-0.05, 0) is 30.4 Å². The molecule has 2 aliphatic rings. The number of ether oxygens (including phenoxy) is 1. The lowest BCUT2D eigenvalue weighted by atomic mass is 9.71. The molecule has 25 heavy (non-hydrogen) atoms. The van der Waals surface area contributed by atoms with Gasteiger partial charge in [-0.3, -0.25) is 4.90 Å². The minimum Gasteiger partial charge on any atom is -0.468 e. The van der Waals surface area contributed by atoms with Crippen molar-refractivity contribution in [2.24, 2.45) is 11.3 Å². The van der Waals surface area contributed by atoms with Crippen LogP contribution in [0.2, 0.25) is 0 Å². The van der Waals surface area contributed by atoms with Crippen LogP contribution in [0.25, 0.3) is 0 Å². The van der Waals surface area contributed by atoms with Crippen LogP contribution in [0.5, 0.6) is 0 Å². The molecule has 1 unspecified atom stereocenters. The summed E-state index contributed by atoms with van der Waals surface area (Å²) >= 11 is 0. The monoisotopic (exact) mass is 371 g/mol. The van der Waals surface area contributed by atoms with Gasteiger partial charge in [0.15, 0.2) is 0 Å². The fourth-order valence-electron chi connectivity index (χ4n) is 4.28. The smallest absolute Gasteiger partial charge is 0.281 e. The van der Waals surface area contributed by atoms with Crippen LogP contribution >= 0.6 is 0 Å². The zero-order valence-electron chi connectivity index (χ0n) is 15.3. The number of hydrogen-bond donors (Lipinski definition) is 0. The van der Waals surface area contributed by atoms with Gasteiger partial charge in [-0.25, -0.2) is 0 Å². The van der Waals surface area contributed by atoms with Crippen molar-refractivity contribution in [3.05, 3.63) is 24.2 Å². The zero-order chi connectivity index (χ0) is 18.1. The first-order chi connectivity index (χ1) is 11.9. The van der Waals surface area contributed by atoms with E-state index in [9.17, 15) is 8.42 Å². The van der Waals surface area contributed by atoms with Gasteiger partial charge in [0.25, 0.3) is 10.2 Å². The van der Waals surface area contributed by atoms with E-state index in [1.807, 2.05) is 12.1 Å². The fraction of sp³-hybridized carbons (Fsp3) is 0.765. The lowest BCUT2D eigenvalue weighted by molar-refractivity contribution is 0.0558. The standard InChI is InChI=1S/C17H29N3O4S/c1-18(2)25(21,22)20-8-6-17(7-9-20)14-19(11-15(17)13-23-3)12-16-5-4-10-24-16/h4-5,10,15H,6-9,11-14H2,1-3H3. The molecule has 7 nitrogen and oxygen atoms in total. The summed E-state index contributed by atoms with van der Waals surface area (Å²) in [6.45, 7) is 4.61. The molecular formula is C17H29N3O4S. The summed E-state index contributed by atoms with van der Waals surface area (Å²) in [5.74, 6) is 1.40. The SMILES string of the molecule is COCC1CN(Cc2ccco2)CC12CCN(S(=O)(=O)N(C)C)CC2. The molecule has 0 amide bonds. The second kappa shape index (κ2) is 7.36. The number of hydrogen-bond acceptors (Lipinski definition) is 5. The van der Waals surface area contributed by atoms with E-state index < -0.39 is 10.2 Å². The molecule has 2 fully saturated rings. The van der Waals surface area contributed by atoms with Crippen LogP contribution in [0.4, 0.5) is 0 Å². The molecule has 3 rings (SSSR count). The Morgan fingerprint density at radius 2 is 2.08 bits per heavy atom. The van der Waals surface area contributed by atoms with E-state index in [4.69, 9.17) is 9.15 Å². The quantitative estimate of drug-likeness (QED) is 0.753. The summed E-state index contributed by atoms with van der Waals surface area (Å²) < 4.78 is 38.6. The van der Waals surface area contributed by atoms with Gasteiger partial charge >= 0.3 is 0 Å². The zero-order valence-corrected chi connectivity index (χ0v) is 16.2. The topological polar surface area (TPSA) is 66.2 Å².